The van der Waals surface area contributed by atoms with Crippen LogP contribution in [0.15, 0.2) is 54.7 Å². The highest BCUT2D eigenvalue weighted by Gasteiger charge is 2.09. The van der Waals surface area contributed by atoms with E-state index in [1.165, 1.54) is 20.1 Å². The number of hydrogen-bond acceptors (Lipinski definition) is 5. The first-order valence-corrected chi connectivity index (χ1v) is 7.71. The molecule has 2 aromatic rings. The molecule has 0 saturated carbocycles. The van der Waals surface area contributed by atoms with Crippen LogP contribution < -0.4 is 5.32 Å². The lowest BCUT2D eigenvalue weighted by atomic mass is 10.0. The normalized spacial score (nSPS) is 11.1. The van der Waals surface area contributed by atoms with E-state index in [4.69, 9.17) is 4.74 Å². The first kappa shape index (κ1) is 18.3. The van der Waals surface area contributed by atoms with Crippen molar-refractivity contribution in [2.45, 2.75) is 20.3 Å². The molecule has 0 fully saturated rings. The van der Waals surface area contributed by atoms with Gasteiger partial charge in [0.05, 0.1) is 12.8 Å². The number of halogens is 1. The van der Waals surface area contributed by atoms with E-state index in [1.807, 2.05) is 6.92 Å². The zero-order chi connectivity index (χ0) is 18.4. The minimum atomic E-state index is -0.414. The number of Topliss-reactive ketones (excluding diaryl/α,β-unsaturated/α-hetero) is 1. The molecule has 1 N–H and O–H groups in total. The molecule has 0 aliphatic carbocycles. The molecule has 0 spiro atoms. The third kappa shape index (κ3) is 4.73. The van der Waals surface area contributed by atoms with Gasteiger partial charge in [-0.1, -0.05) is 24.8 Å². The highest BCUT2D eigenvalue weighted by molar-refractivity contribution is 5.78. The van der Waals surface area contributed by atoms with Gasteiger partial charge in [-0.3, -0.25) is 4.79 Å². The Bertz CT molecular complexity index is 814. The smallest absolute Gasteiger partial charge is 0.227 e. The van der Waals surface area contributed by atoms with Crippen molar-refractivity contribution in [3.63, 3.8) is 0 Å². The van der Waals surface area contributed by atoms with Crippen LogP contribution in [0.5, 0.6) is 0 Å². The first-order chi connectivity index (χ1) is 11.9. The van der Waals surface area contributed by atoms with Gasteiger partial charge in [-0.15, -0.1) is 0 Å². The van der Waals surface area contributed by atoms with Gasteiger partial charge in [-0.25, -0.2) is 14.4 Å². The number of anilines is 1. The lowest BCUT2D eigenvalue weighted by Crippen LogP contribution is -2.06. The third-order valence-corrected chi connectivity index (χ3v) is 3.56. The van der Waals surface area contributed by atoms with Gasteiger partial charge in [0.15, 0.2) is 0 Å². The SMILES string of the molecule is C=C(OC)/C(=C\C)Nc1ncc(-c2ccc(CC(C)=O)c(F)c2)cn1. The summed E-state index contributed by atoms with van der Waals surface area (Å²) in [6.07, 6.45) is 5.07. The zero-order valence-electron chi connectivity index (χ0n) is 14.5. The van der Waals surface area contributed by atoms with E-state index in [-0.39, 0.29) is 12.2 Å². The summed E-state index contributed by atoms with van der Waals surface area (Å²) in [5.41, 5.74) is 2.36. The maximum Gasteiger partial charge on any atom is 0.227 e. The van der Waals surface area contributed by atoms with Gasteiger partial charge in [0, 0.05) is 24.4 Å². The van der Waals surface area contributed by atoms with Crippen LogP contribution >= 0.6 is 0 Å². The maximum absolute atomic E-state index is 14.1. The second-order valence-electron chi connectivity index (χ2n) is 5.43. The Labute approximate surface area is 146 Å². The molecule has 0 unspecified atom stereocenters. The van der Waals surface area contributed by atoms with Gasteiger partial charge >= 0.3 is 0 Å². The number of carbonyl (C=O) groups is 1. The summed E-state index contributed by atoms with van der Waals surface area (Å²) >= 11 is 0. The van der Waals surface area contributed by atoms with Crippen LogP contribution in [0.2, 0.25) is 0 Å². The molecular formula is C19H20FN3O2. The Kier molecular flexibility index (Phi) is 6.00. The quantitative estimate of drug-likeness (QED) is 0.611. The molecule has 0 amide bonds. The van der Waals surface area contributed by atoms with Crippen molar-refractivity contribution in [2.75, 3.05) is 12.4 Å². The number of hydrogen-bond donors (Lipinski definition) is 1. The molecule has 0 saturated heterocycles. The molecule has 0 atom stereocenters. The summed E-state index contributed by atoms with van der Waals surface area (Å²) < 4.78 is 19.2. The van der Waals surface area contributed by atoms with E-state index >= 15 is 0 Å². The third-order valence-electron chi connectivity index (χ3n) is 3.56. The summed E-state index contributed by atoms with van der Waals surface area (Å²) in [5.74, 6) is 0.354. The molecule has 2 rings (SSSR count). The summed E-state index contributed by atoms with van der Waals surface area (Å²) in [5, 5.41) is 3.00. The average molecular weight is 341 g/mol. The van der Waals surface area contributed by atoms with E-state index in [0.717, 1.165) is 0 Å². The molecule has 0 aliphatic rings. The fourth-order valence-corrected chi connectivity index (χ4v) is 2.21. The predicted molar refractivity (Wildman–Crippen MR) is 95.3 cm³/mol. The van der Waals surface area contributed by atoms with E-state index in [0.29, 0.717) is 34.1 Å². The Morgan fingerprint density at radius 3 is 2.52 bits per heavy atom. The Morgan fingerprint density at radius 1 is 1.32 bits per heavy atom. The Balaban J connectivity index is 2.18. The highest BCUT2D eigenvalue weighted by atomic mass is 19.1. The second kappa shape index (κ2) is 8.19. The number of nitrogens with one attached hydrogen (secondary N) is 1. The average Bonchev–Trinajstić information content (AvgIpc) is 2.61. The van der Waals surface area contributed by atoms with Crippen molar-refractivity contribution < 1.29 is 13.9 Å². The van der Waals surface area contributed by atoms with Crippen LogP contribution in [-0.2, 0) is 16.0 Å². The Morgan fingerprint density at radius 2 is 2.00 bits per heavy atom. The van der Waals surface area contributed by atoms with Crippen molar-refractivity contribution in [1.29, 1.82) is 0 Å². The molecule has 6 heteroatoms. The van der Waals surface area contributed by atoms with Crippen LogP contribution in [-0.4, -0.2) is 22.9 Å². The monoisotopic (exact) mass is 341 g/mol. The van der Waals surface area contributed by atoms with Gasteiger partial charge in [-0.05, 0) is 31.0 Å². The van der Waals surface area contributed by atoms with Crippen molar-refractivity contribution >= 4 is 11.7 Å². The number of aromatic nitrogens is 2. The topological polar surface area (TPSA) is 64.1 Å². The molecule has 0 bridgehead atoms. The number of nitrogens with zero attached hydrogens (tertiary/aromatic N) is 2. The first-order valence-electron chi connectivity index (χ1n) is 7.71. The fourth-order valence-electron chi connectivity index (χ4n) is 2.21. The van der Waals surface area contributed by atoms with E-state index in [9.17, 15) is 9.18 Å². The van der Waals surface area contributed by atoms with Gasteiger partial charge < -0.3 is 10.1 Å². The number of carbonyl (C=O) groups excluding carboxylic acids is 1. The molecule has 25 heavy (non-hydrogen) atoms. The molecule has 130 valence electrons. The summed E-state index contributed by atoms with van der Waals surface area (Å²) in [6.45, 7) is 7.04. The molecule has 1 aromatic heterocycles. The Hall–Kier alpha value is -3.02. The highest BCUT2D eigenvalue weighted by Crippen LogP contribution is 2.22. The van der Waals surface area contributed by atoms with Crippen molar-refractivity contribution in [1.82, 2.24) is 9.97 Å². The predicted octanol–water partition coefficient (Wildman–Crippen LogP) is 3.89. The van der Waals surface area contributed by atoms with Crippen LogP contribution in [0.25, 0.3) is 11.1 Å². The van der Waals surface area contributed by atoms with Gasteiger partial charge in [0.2, 0.25) is 5.95 Å². The second-order valence-corrected chi connectivity index (χ2v) is 5.43. The largest absolute Gasteiger partial charge is 0.495 e. The molecule has 0 aliphatic heterocycles. The summed E-state index contributed by atoms with van der Waals surface area (Å²) in [7, 11) is 1.53. The van der Waals surface area contributed by atoms with Crippen LogP contribution in [0.1, 0.15) is 19.4 Å². The van der Waals surface area contributed by atoms with Crippen LogP contribution in [0.3, 0.4) is 0 Å². The number of ether oxygens (including phenoxy) is 1. The molecular weight excluding hydrogens is 321 g/mol. The van der Waals surface area contributed by atoms with Crippen LogP contribution in [0, 0.1) is 5.82 Å². The minimum Gasteiger partial charge on any atom is -0.495 e. The standard InChI is InChI=1S/C19H20FN3O2/c1-5-18(13(3)25-4)23-19-21-10-16(11-22-19)14-6-7-15(8-12(2)24)17(20)9-14/h5-7,9-11H,3,8H2,1-2,4H3,(H,21,22,23)/b18-5+. The van der Waals surface area contributed by atoms with Crippen molar-refractivity contribution in [2.24, 2.45) is 0 Å². The number of rotatable bonds is 7. The van der Waals surface area contributed by atoms with Gasteiger partial charge in [0.1, 0.15) is 17.4 Å². The minimum absolute atomic E-state index is 0.0807. The molecule has 5 nitrogen and oxygen atoms in total. The molecule has 1 heterocycles. The van der Waals surface area contributed by atoms with Crippen LogP contribution in [0.4, 0.5) is 10.3 Å². The van der Waals surface area contributed by atoms with Gasteiger partial charge in [-0.2, -0.15) is 0 Å². The van der Waals surface area contributed by atoms with E-state index < -0.39 is 5.82 Å². The van der Waals surface area contributed by atoms with Crippen molar-refractivity contribution in [3.05, 3.63) is 66.1 Å². The number of benzene rings is 1. The summed E-state index contributed by atoms with van der Waals surface area (Å²) in [6, 6.07) is 4.74. The lowest BCUT2D eigenvalue weighted by Gasteiger charge is -2.11. The zero-order valence-corrected chi connectivity index (χ0v) is 14.5. The lowest BCUT2D eigenvalue weighted by molar-refractivity contribution is -0.116. The van der Waals surface area contributed by atoms with E-state index in [2.05, 4.69) is 21.9 Å². The van der Waals surface area contributed by atoms with Gasteiger partial charge in [0.25, 0.3) is 0 Å². The molecule has 1 aromatic carbocycles. The molecule has 0 radical (unpaired) electrons. The van der Waals surface area contributed by atoms with Crippen molar-refractivity contribution in [3.8, 4) is 11.1 Å². The van der Waals surface area contributed by atoms with E-state index in [1.54, 1.807) is 30.6 Å². The number of allylic oxidation sites excluding steroid dienone is 1. The number of methoxy groups -OCH3 is 1. The fraction of sp³-hybridized carbons (Fsp3) is 0.211. The summed E-state index contributed by atoms with van der Waals surface area (Å²) in [4.78, 5) is 19.6. The number of ketones is 1. The maximum atomic E-state index is 14.1.